The second-order valence-electron chi connectivity index (χ2n) is 7.73. The van der Waals surface area contributed by atoms with Crippen molar-refractivity contribution >= 4 is 16.7 Å². The Morgan fingerprint density at radius 2 is 1.96 bits per heavy atom. The summed E-state index contributed by atoms with van der Waals surface area (Å²) >= 11 is 0. The van der Waals surface area contributed by atoms with Gasteiger partial charge >= 0.3 is 0 Å². The third-order valence-electron chi connectivity index (χ3n) is 5.64. The normalized spacial score (nSPS) is 15.8. The number of likely N-dealkylation sites (N-methyl/N-ethyl adjacent to an activating group) is 1. The number of aromatic nitrogens is 4. The van der Waals surface area contributed by atoms with Gasteiger partial charge in [-0.05, 0) is 50.5 Å². The number of carbonyl (C=O) groups excluding carboxylic acids is 1. The number of nitrogens with zero attached hydrogens (tertiary/aromatic N) is 6. The van der Waals surface area contributed by atoms with Crippen molar-refractivity contribution in [3.63, 3.8) is 0 Å². The van der Waals surface area contributed by atoms with E-state index in [0.717, 1.165) is 53.7 Å². The molecule has 0 radical (unpaired) electrons. The van der Waals surface area contributed by atoms with Crippen molar-refractivity contribution < 1.29 is 4.79 Å². The summed E-state index contributed by atoms with van der Waals surface area (Å²) in [6.45, 7) is 2.09. The van der Waals surface area contributed by atoms with Gasteiger partial charge in [0.05, 0.1) is 18.3 Å². The first-order chi connectivity index (χ1) is 13.5. The maximum absolute atomic E-state index is 12.8. The molecule has 1 aliphatic rings. The van der Waals surface area contributed by atoms with Crippen molar-refractivity contribution in [3.05, 3.63) is 42.4 Å². The van der Waals surface area contributed by atoms with Crippen LogP contribution in [-0.4, -0.2) is 68.9 Å². The lowest BCUT2D eigenvalue weighted by molar-refractivity contribution is -0.132. The summed E-state index contributed by atoms with van der Waals surface area (Å²) in [4.78, 5) is 21.5. The van der Waals surface area contributed by atoms with Gasteiger partial charge in [0.25, 0.3) is 0 Å². The Kier molecular flexibility index (Phi) is 5.09. The molecule has 4 rings (SSSR count). The Labute approximate surface area is 165 Å². The van der Waals surface area contributed by atoms with E-state index in [-0.39, 0.29) is 5.91 Å². The number of carbonyl (C=O) groups is 1. The van der Waals surface area contributed by atoms with Gasteiger partial charge in [0.1, 0.15) is 5.69 Å². The predicted molar refractivity (Wildman–Crippen MR) is 109 cm³/mol. The molecular weight excluding hydrogens is 352 g/mol. The highest BCUT2D eigenvalue weighted by molar-refractivity contribution is 5.87. The van der Waals surface area contributed by atoms with E-state index in [1.54, 1.807) is 4.68 Å². The van der Waals surface area contributed by atoms with Gasteiger partial charge in [0.15, 0.2) is 0 Å². The van der Waals surface area contributed by atoms with Crippen LogP contribution in [0.25, 0.3) is 22.0 Å². The van der Waals surface area contributed by atoms with Gasteiger partial charge < -0.3 is 9.80 Å². The molecule has 0 bridgehead atoms. The number of hydrogen-bond acceptors (Lipinski definition) is 5. The molecule has 0 atom stereocenters. The third-order valence-corrected chi connectivity index (χ3v) is 5.64. The number of rotatable bonds is 4. The number of pyridine rings is 1. The van der Waals surface area contributed by atoms with E-state index < -0.39 is 0 Å². The number of piperidine rings is 1. The number of hydrogen-bond donors (Lipinski definition) is 0. The maximum Gasteiger partial charge on any atom is 0.228 e. The fourth-order valence-corrected chi connectivity index (χ4v) is 3.79. The standard InChI is InChI=1S/C21H26N6O/c1-25-8-6-19(7-9-25)27(3)21(28)12-18-11-17-10-15(4-5-16(17)13-22-18)20-14-26(2)24-23-20/h4-5,10-11,13-14,19H,6-9,12H2,1-3H3. The topological polar surface area (TPSA) is 67.2 Å². The lowest BCUT2D eigenvalue weighted by Gasteiger charge is -2.35. The zero-order valence-corrected chi connectivity index (χ0v) is 16.7. The molecule has 2 aromatic heterocycles. The van der Waals surface area contributed by atoms with E-state index in [4.69, 9.17) is 0 Å². The smallest absolute Gasteiger partial charge is 0.228 e. The van der Waals surface area contributed by atoms with Crippen molar-refractivity contribution in [1.29, 1.82) is 0 Å². The van der Waals surface area contributed by atoms with Crippen molar-refractivity contribution in [2.45, 2.75) is 25.3 Å². The van der Waals surface area contributed by atoms with Gasteiger partial charge in [-0.25, -0.2) is 0 Å². The van der Waals surface area contributed by atoms with Gasteiger partial charge in [-0.3, -0.25) is 14.5 Å². The fourth-order valence-electron chi connectivity index (χ4n) is 3.79. The van der Waals surface area contributed by atoms with Crippen LogP contribution in [0.5, 0.6) is 0 Å². The molecule has 0 unspecified atom stereocenters. The molecule has 0 spiro atoms. The molecule has 7 heteroatoms. The quantitative estimate of drug-likeness (QED) is 0.696. The van der Waals surface area contributed by atoms with Crippen LogP contribution >= 0.6 is 0 Å². The lowest BCUT2D eigenvalue weighted by Crippen LogP contribution is -2.45. The Morgan fingerprint density at radius 3 is 2.68 bits per heavy atom. The van der Waals surface area contributed by atoms with Crippen LogP contribution in [0.2, 0.25) is 0 Å². The number of aryl methyl sites for hydroxylation is 1. The largest absolute Gasteiger partial charge is 0.342 e. The molecule has 0 N–H and O–H groups in total. The van der Waals surface area contributed by atoms with Crippen LogP contribution in [0.4, 0.5) is 0 Å². The lowest BCUT2D eigenvalue weighted by atomic mass is 10.0. The first-order valence-electron chi connectivity index (χ1n) is 9.69. The summed E-state index contributed by atoms with van der Waals surface area (Å²) in [5, 5.41) is 10.3. The maximum atomic E-state index is 12.8. The average Bonchev–Trinajstić information content (AvgIpc) is 3.14. The SMILES string of the molecule is CN1CCC(N(C)C(=O)Cc2cc3cc(-c4cn(C)nn4)ccc3cn2)CC1. The molecule has 146 valence electrons. The average molecular weight is 378 g/mol. The van der Waals surface area contributed by atoms with Gasteiger partial charge in [-0.2, -0.15) is 0 Å². The minimum Gasteiger partial charge on any atom is -0.342 e. The number of likely N-dealkylation sites (tertiary alicyclic amines) is 1. The Morgan fingerprint density at radius 1 is 1.18 bits per heavy atom. The summed E-state index contributed by atoms with van der Waals surface area (Å²) in [6, 6.07) is 8.47. The predicted octanol–water partition coefficient (Wildman–Crippen LogP) is 2.13. The molecule has 0 saturated carbocycles. The molecule has 0 aliphatic carbocycles. The van der Waals surface area contributed by atoms with E-state index >= 15 is 0 Å². The summed E-state index contributed by atoms with van der Waals surface area (Å²) in [5.74, 6) is 0.131. The van der Waals surface area contributed by atoms with Crippen molar-refractivity contribution in [2.75, 3.05) is 27.2 Å². The van der Waals surface area contributed by atoms with Gasteiger partial charge in [0, 0.05) is 37.3 Å². The van der Waals surface area contributed by atoms with Gasteiger partial charge in [-0.1, -0.05) is 17.3 Å². The van der Waals surface area contributed by atoms with Crippen LogP contribution in [0.1, 0.15) is 18.5 Å². The minimum atomic E-state index is 0.131. The molecule has 1 aromatic carbocycles. The first kappa shape index (κ1) is 18.6. The second kappa shape index (κ2) is 7.67. The highest BCUT2D eigenvalue weighted by Gasteiger charge is 2.24. The van der Waals surface area contributed by atoms with Crippen LogP contribution < -0.4 is 0 Å². The minimum absolute atomic E-state index is 0.131. The first-order valence-corrected chi connectivity index (χ1v) is 9.69. The second-order valence-corrected chi connectivity index (χ2v) is 7.73. The van der Waals surface area contributed by atoms with Crippen LogP contribution in [0.3, 0.4) is 0 Å². The molecule has 1 fully saturated rings. The van der Waals surface area contributed by atoms with Gasteiger partial charge in [0.2, 0.25) is 5.91 Å². The number of benzene rings is 1. The highest BCUT2D eigenvalue weighted by atomic mass is 16.2. The molecule has 7 nitrogen and oxygen atoms in total. The molecular formula is C21H26N6O. The number of fused-ring (bicyclic) bond motifs is 1. The zero-order chi connectivity index (χ0) is 19.7. The summed E-state index contributed by atoms with van der Waals surface area (Å²) < 4.78 is 1.69. The third kappa shape index (κ3) is 3.89. The molecule has 28 heavy (non-hydrogen) atoms. The van der Waals surface area contributed by atoms with Gasteiger partial charge in [-0.15, -0.1) is 5.10 Å². The summed E-state index contributed by atoms with van der Waals surface area (Å²) in [6.07, 6.45) is 6.13. The van der Waals surface area contributed by atoms with Crippen molar-refractivity contribution in [3.8, 4) is 11.3 Å². The van der Waals surface area contributed by atoms with E-state index in [1.807, 2.05) is 49.6 Å². The molecule has 1 aliphatic heterocycles. The highest BCUT2D eigenvalue weighted by Crippen LogP contribution is 2.23. The van der Waals surface area contributed by atoms with E-state index in [1.165, 1.54) is 0 Å². The fraction of sp³-hybridized carbons (Fsp3) is 0.429. The Hall–Kier alpha value is -2.80. The summed E-state index contributed by atoms with van der Waals surface area (Å²) in [5.41, 5.74) is 2.64. The van der Waals surface area contributed by atoms with Crippen molar-refractivity contribution in [2.24, 2.45) is 7.05 Å². The van der Waals surface area contributed by atoms with Crippen molar-refractivity contribution in [1.82, 2.24) is 29.8 Å². The zero-order valence-electron chi connectivity index (χ0n) is 16.7. The van der Waals surface area contributed by atoms with E-state index in [2.05, 4.69) is 33.3 Å². The Bertz CT molecular complexity index is 989. The van der Waals surface area contributed by atoms with E-state index in [9.17, 15) is 4.79 Å². The molecule has 1 amide bonds. The van der Waals surface area contributed by atoms with E-state index in [0.29, 0.717) is 12.5 Å². The molecule has 3 heterocycles. The molecule has 3 aromatic rings. The monoisotopic (exact) mass is 378 g/mol. The Balaban J connectivity index is 1.51. The van der Waals surface area contributed by atoms with Crippen LogP contribution in [0, 0.1) is 0 Å². The molecule has 1 saturated heterocycles. The number of amides is 1. The van der Waals surface area contributed by atoms with Crippen LogP contribution in [-0.2, 0) is 18.3 Å². The van der Waals surface area contributed by atoms with Crippen LogP contribution in [0.15, 0.2) is 36.7 Å². The summed E-state index contributed by atoms with van der Waals surface area (Å²) in [7, 11) is 5.91.